The minimum atomic E-state index is -0.330. The van der Waals surface area contributed by atoms with Crippen LogP contribution in [0, 0.1) is 6.92 Å². The summed E-state index contributed by atoms with van der Waals surface area (Å²) >= 11 is 0. The standard InChI is InChI=1S/C22H26N6O4/c1-14-3-2-4-18(23-14)24-21(30)16-13-17-19(25-20(16)27-7-5-15(29)6-8-27)26-22(32-17)28-9-11-31-12-10-28/h2-4,13,15,29H,5-12H2,1H3,(H,23,24,30). The molecule has 1 amide bonds. The van der Waals surface area contributed by atoms with Gasteiger partial charge in [-0.3, -0.25) is 4.79 Å². The zero-order valence-corrected chi connectivity index (χ0v) is 18.0. The fourth-order valence-electron chi connectivity index (χ4n) is 4.01. The number of aromatic nitrogens is 3. The maximum Gasteiger partial charge on any atom is 0.300 e. The van der Waals surface area contributed by atoms with Crippen LogP contribution in [0.15, 0.2) is 28.7 Å². The van der Waals surface area contributed by atoms with Crippen LogP contribution < -0.4 is 15.1 Å². The Morgan fingerprint density at radius 1 is 1.09 bits per heavy atom. The summed E-state index contributed by atoms with van der Waals surface area (Å²) in [4.78, 5) is 30.9. The van der Waals surface area contributed by atoms with Crippen LogP contribution in [0.1, 0.15) is 28.9 Å². The second kappa shape index (κ2) is 8.71. The molecule has 2 N–H and O–H groups in total. The molecule has 0 spiro atoms. The molecule has 3 aromatic rings. The number of pyridine rings is 2. The number of aryl methyl sites for hydroxylation is 1. The molecule has 2 saturated heterocycles. The minimum absolute atomic E-state index is 0.317. The maximum atomic E-state index is 13.2. The van der Waals surface area contributed by atoms with Crippen molar-refractivity contribution in [2.45, 2.75) is 25.9 Å². The van der Waals surface area contributed by atoms with Gasteiger partial charge in [-0.05, 0) is 31.9 Å². The Morgan fingerprint density at radius 3 is 2.62 bits per heavy atom. The molecular weight excluding hydrogens is 412 g/mol. The maximum absolute atomic E-state index is 13.2. The lowest BCUT2D eigenvalue weighted by Crippen LogP contribution is -2.37. The van der Waals surface area contributed by atoms with Crippen LogP contribution in [-0.2, 0) is 4.74 Å². The molecule has 168 valence electrons. The molecule has 0 unspecified atom stereocenters. The number of rotatable bonds is 4. The van der Waals surface area contributed by atoms with Gasteiger partial charge in [0.25, 0.3) is 11.9 Å². The fraction of sp³-hybridized carbons (Fsp3) is 0.455. The number of hydrogen-bond acceptors (Lipinski definition) is 9. The summed E-state index contributed by atoms with van der Waals surface area (Å²) in [5, 5.41) is 12.8. The number of nitrogens with one attached hydrogen (secondary N) is 1. The van der Waals surface area contributed by atoms with E-state index in [1.54, 1.807) is 12.1 Å². The lowest BCUT2D eigenvalue weighted by molar-refractivity contribution is 0.102. The average Bonchev–Trinajstić information content (AvgIpc) is 3.23. The summed E-state index contributed by atoms with van der Waals surface area (Å²) in [6.45, 7) is 5.70. The van der Waals surface area contributed by atoms with Gasteiger partial charge in [-0.1, -0.05) is 6.07 Å². The molecule has 10 nitrogen and oxygen atoms in total. The number of oxazole rings is 1. The van der Waals surface area contributed by atoms with Gasteiger partial charge in [-0.15, -0.1) is 0 Å². The Bertz CT molecular complexity index is 1120. The number of nitrogens with zero attached hydrogens (tertiary/aromatic N) is 5. The number of aliphatic hydroxyl groups is 1. The lowest BCUT2D eigenvalue weighted by Gasteiger charge is -2.31. The van der Waals surface area contributed by atoms with Gasteiger partial charge in [-0.25, -0.2) is 9.97 Å². The molecule has 0 aromatic carbocycles. The summed E-state index contributed by atoms with van der Waals surface area (Å²) in [5.41, 5.74) is 2.11. The minimum Gasteiger partial charge on any atom is -0.422 e. The first-order valence-electron chi connectivity index (χ1n) is 10.9. The van der Waals surface area contributed by atoms with E-state index in [0.717, 1.165) is 5.69 Å². The van der Waals surface area contributed by atoms with E-state index >= 15 is 0 Å². The number of ether oxygens (including phenoxy) is 1. The van der Waals surface area contributed by atoms with Gasteiger partial charge in [0, 0.05) is 37.9 Å². The van der Waals surface area contributed by atoms with Crippen LogP contribution in [0.5, 0.6) is 0 Å². The van der Waals surface area contributed by atoms with E-state index in [4.69, 9.17) is 14.1 Å². The second-order valence-electron chi connectivity index (χ2n) is 8.11. The topological polar surface area (TPSA) is 117 Å². The Hall–Kier alpha value is -3.24. The van der Waals surface area contributed by atoms with E-state index in [1.165, 1.54) is 0 Å². The van der Waals surface area contributed by atoms with E-state index in [1.807, 2.05) is 28.9 Å². The van der Waals surface area contributed by atoms with Gasteiger partial charge >= 0.3 is 0 Å². The third kappa shape index (κ3) is 4.23. The molecule has 2 fully saturated rings. The molecule has 0 bridgehead atoms. The zero-order valence-electron chi connectivity index (χ0n) is 18.0. The predicted molar refractivity (Wildman–Crippen MR) is 119 cm³/mol. The van der Waals surface area contributed by atoms with Crippen molar-refractivity contribution in [1.29, 1.82) is 0 Å². The van der Waals surface area contributed by atoms with Crippen molar-refractivity contribution in [2.24, 2.45) is 0 Å². The highest BCUT2D eigenvalue weighted by Gasteiger charge is 2.26. The molecule has 2 aliphatic heterocycles. The molecule has 0 atom stereocenters. The van der Waals surface area contributed by atoms with Crippen molar-refractivity contribution in [2.75, 3.05) is 54.5 Å². The Labute approximate surface area is 185 Å². The van der Waals surface area contributed by atoms with E-state index in [0.29, 0.717) is 86.7 Å². The van der Waals surface area contributed by atoms with Crippen LogP contribution in [0.3, 0.4) is 0 Å². The van der Waals surface area contributed by atoms with Crippen LogP contribution in [0.2, 0.25) is 0 Å². The number of morpholine rings is 1. The zero-order chi connectivity index (χ0) is 22.1. The van der Waals surface area contributed by atoms with Crippen molar-refractivity contribution >= 4 is 34.8 Å². The molecule has 0 saturated carbocycles. The summed E-state index contributed by atoms with van der Waals surface area (Å²) in [6, 6.07) is 7.64. The molecule has 5 rings (SSSR count). The average molecular weight is 438 g/mol. The number of amides is 1. The largest absolute Gasteiger partial charge is 0.422 e. The third-order valence-corrected chi connectivity index (χ3v) is 5.77. The van der Waals surface area contributed by atoms with Gasteiger partial charge in [0.05, 0.1) is 24.9 Å². The molecular formula is C22H26N6O4. The van der Waals surface area contributed by atoms with Crippen molar-refractivity contribution in [3.8, 4) is 0 Å². The van der Waals surface area contributed by atoms with E-state index in [-0.39, 0.29) is 12.0 Å². The van der Waals surface area contributed by atoms with Crippen LogP contribution >= 0.6 is 0 Å². The SMILES string of the molecule is Cc1cccc(NC(=O)c2cc3oc(N4CCOCC4)nc3nc2N2CCC(O)CC2)n1. The molecule has 0 radical (unpaired) electrons. The summed E-state index contributed by atoms with van der Waals surface area (Å²) in [7, 11) is 0. The van der Waals surface area contributed by atoms with E-state index in [2.05, 4.69) is 15.3 Å². The number of anilines is 3. The summed E-state index contributed by atoms with van der Waals surface area (Å²) in [6.07, 6.45) is 0.916. The third-order valence-electron chi connectivity index (χ3n) is 5.77. The van der Waals surface area contributed by atoms with Crippen molar-refractivity contribution in [3.63, 3.8) is 0 Å². The summed E-state index contributed by atoms with van der Waals surface area (Å²) in [5.74, 6) is 0.695. The van der Waals surface area contributed by atoms with Crippen LogP contribution in [0.4, 0.5) is 17.7 Å². The number of aliphatic hydroxyl groups excluding tert-OH is 1. The normalized spacial score (nSPS) is 17.7. The second-order valence-corrected chi connectivity index (χ2v) is 8.11. The highest BCUT2D eigenvalue weighted by Crippen LogP contribution is 2.29. The van der Waals surface area contributed by atoms with Crippen molar-refractivity contribution in [3.05, 3.63) is 35.5 Å². The monoisotopic (exact) mass is 438 g/mol. The van der Waals surface area contributed by atoms with Crippen LogP contribution in [0.25, 0.3) is 11.2 Å². The predicted octanol–water partition coefficient (Wildman–Crippen LogP) is 1.98. The van der Waals surface area contributed by atoms with Crippen molar-refractivity contribution in [1.82, 2.24) is 15.0 Å². The van der Waals surface area contributed by atoms with Crippen LogP contribution in [-0.4, -0.2) is 71.5 Å². The number of hydrogen-bond donors (Lipinski definition) is 2. The fourth-order valence-corrected chi connectivity index (χ4v) is 4.01. The first kappa shape index (κ1) is 20.7. The van der Waals surface area contributed by atoms with E-state index < -0.39 is 0 Å². The number of fused-ring (bicyclic) bond motifs is 1. The molecule has 0 aliphatic carbocycles. The molecule has 2 aliphatic rings. The Morgan fingerprint density at radius 2 is 1.88 bits per heavy atom. The number of piperidine rings is 1. The molecule has 5 heterocycles. The number of carbonyl (C=O) groups is 1. The van der Waals surface area contributed by atoms with E-state index in [9.17, 15) is 9.90 Å². The quantitative estimate of drug-likeness (QED) is 0.630. The molecule has 10 heteroatoms. The van der Waals surface area contributed by atoms with Gasteiger partial charge in [0.2, 0.25) is 5.65 Å². The molecule has 3 aromatic heterocycles. The highest BCUT2D eigenvalue weighted by molar-refractivity contribution is 6.08. The molecule has 32 heavy (non-hydrogen) atoms. The van der Waals surface area contributed by atoms with Gasteiger partial charge in [-0.2, -0.15) is 4.98 Å². The van der Waals surface area contributed by atoms with Gasteiger partial charge in [0.15, 0.2) is 5.58 Å². The van der Waals surface area contributed by atoms with Gasteiger partial charge in [0.1, 0.15) is 11.6 Å². The van der Waals surface area contributed by atoms with Crippen molar-refractivity contribution < 1.29 is 19.1 Å². The first-order valence-corrected chi connectivity index (χ1v) is 10.9. The summed E-state index contributed by atoms with van der Waals surface area (Å²) < 4.78 is 11.4. The Kier molecular flexibility index (Phi) is 5.62. The van der Waals surface area contributed by atoms with Gasteiger partial charge < -0.3 is 29.4 Å². The highest BCUT2D eigenvalue weighted by atomic mass is 16.5. The lowest BCUT2D eigenvalue weighted by atomic mass is 10.1. The smallest absolute Gasteiger partial charge is 0.300 e. The Balaban J connectivity index is 1.51. The first-order chi connectivity index (χ1) is 15.6. The number of carbonyl (C=O) groups excluding carboxylic acids is 1.